The number of aliphatic hydroxyl groups excluding tert-OH is 1. The number of aryl methyl sites for hydroxylation is 1. The molecule has 1 saturated heterocycles. The molecular formula is C26H24N2O5. The maximum Gasteiger partial charge on any atom is 0.295 e. The number of hydrogen-bond acceptors (Lipinski definition) is 6. The van der Waals surface area contributed by atoms with Crippen molar-refractivity contribution in [3.05, 3.63) is 94.8 Å². The number of likely N-dealkylation sites (tertiary alicyclic amines) is 1. The minimum Gasteiger partial charge on any atom is -0.507 e. The van der Waals surface area contributed by atoms with Crippen molar-refractivity contribution < 1.29 is 24.2 Å². The maximum atomic E-state index is 13.2. The summed E-state index contributed by atoms with van der Waals surface area (Å²) in [6.07, 6.45) is 3.29. The topological polar surface area (TPSA) is 89.0 Å². The molecule has 0 radical (unpaired) electrons. The van der Waals surface area contributed by atoms with Gasteiger partial charge in [0.25, 0.3) is 11.7 Å². The molecule has 2 heterocycles. The molecule has 0 saturated carbocycles. The molecule has 1 aromatic heterocycles. The number of methoxy groups -OCH3 is 2. The normalized spacial score (nSPS) is 17.3. The summed E-state index contributed by atoms with van der Waals surface area (Å²) in [6, 6.07) is 15.1. The van der Waals surface area contributed by atoms with Gasteiger partial charge in [-0.05, 0) is 60.0 Å². The van der Waals surface area contributed by atoms with Crippen LogP contribution in [0.15, 0.2) is 72.6 Å². The van der Waals surface area contributed by atoms with Gasteiger partial charge < -0.3 is 19.5 Å². The largest absolute Gasteiger partial charge is 0.507 e. The van der Waals surface area contributed by atoms with Crippen molar-refractivity contribution >= 4 is 17.4 Å². The van der Waals surface area contributed by atoms with Gasteiger partial charge in [0.05, 0.1) is 25.8 Å². The maximum absolute atomic E-state index is 13.2. The average molecular weight is 444 g/mol. The molecule has 1 unspecified atom stereocenters. The number of carbonyl (C=O) groups excluding carboxylic acids is 2. The van der Waals surface area contributed by atoms with E-state index in [2.05, 4.69) is 4.98 Å². The van der Waals surface area contributed by atoms with Crippen LogP contribution < -0.4 is 9.47 Å². The second kappa shape index (κ2) is 9.16. The van der Waals surface area contributed by atoms with E-state index in [1.54, 1.807) is 75.1 Å². The Balaban J connectivity index is 1.87. The van der Waals surface area contributed by atoms with Crippen LogP contribution in [0.25, 0.3) is 5.76 Å². The van der Waals surface area contributed by atoms with Crippen LogP contribution >= 0.6 is 0 Å². The molecule has 0 aliphatic carbocycles. The van der Waals surface area contributed by atoms with Gasteiger partial charge in [0.2, 0.25) is 0 Å². The molecule has 7 heteroatoms. The smallest absolute Gasteiger partial charge is 0.295 e. The van der Waals surface area contributed by atoms with Gasteiger partial charge in [-0.3, -0.25) is 14.6 Å². The summed E-state index contributed by atoms with van der Waals surface area (Å²) in [5.74, 6) is -0.343. The van der Waals surface area contributed by atoms with E-state index in [1.807, 2.05) is 13.0 Å². The van der Waals surface area contributed by atoms with Crippen molar-refractivity contribution in [3.8, 4) is 11.5 Å². The lowest BCUT2D eigenvalue weighted by molar-refractivity contribution is -0.140. The van der Waals surface area contributed by atoms with Gasteiger partial charge in [0.1, 0.15) is 17.3 Å². The van der Waals surface area contributed by atoms with E-state index in [1.165, 1.54) is 4.90 Å². The fourth-order valence-corrected chi connectivity index (χ4v) is 4.04. The Kier molecular flexibility index (Phi) is 6.13. The predicted octanol–water partition coefficient (Wildman–Crippen LogP) is 4.03. The number of carbonyl (C=O) groups is 2. The molecule has 2 aromatic carbocycles. The molecule has 168 valence electrons. The highest BCUT2D eigenvalue weighted by Gasteiger charge is 2.46. The number of Topliss-reactive ketones (excluding diaryl/α,β-unsaturated/α-hetero) is 1. The number of hydrogen-bond donors (Lipinski definition) is 1. The molecule has 33 heavy (non-hydrogen) atoms. The fourth-order valence-electron chi connectivity index (χ4n) is 4.04. The number of aliphatic hydroxyl groups is 1. The van der Waals surface area contributed by atoms with Crippen molar-refractivity contribution in [2.24, 2.45) is 0 Å². The molecular weight excluding hydrogens is 420 g/mol. The highest BCUT2D eigenvalue weighted by Crippen LogP contribution is 2.41. The SMILES string of the molecule is COc1ccc(C2/C(=C(/O)c3ccc(OC)cc3C)C(=O)C(=O)N2Cc2cccnc2)cc1. The summed E-state index contributed by atoms with van der Waals surface area (Å²) < 4.78 is 10.5. The zero-order valence-corrected chi connectivity index (χ0v) is 18.6. The number of amides is 1. The van der Waals surface area contributed by atoms with Crippen molar-refractivity contribution in [3.63, 3.8) is 0 Å². The molecule has 4 rings (SSSR count). The number of rotatable bonds is 6. The van der Waals surface area contributed by atoms with Crippen molar-refractivity contribution in [1.82, 2.24) is 9.88 Å². The Morgan fingerprint density at radius 2 is 1.73 bits per heavy atom. The summed E-state index contributed by atoms with van der Waals surface area (Å²) in [5, 5.41) is 11.3. The molecule has 1 aliphatic rings. The summed E-state index contributed by atoms with van der Waals surface area (Å²) >= 11 is 0. The Labute approximate surface area is 191 Å². The third kappa shape index (κ3) is 4.17. The number of nitrogens with zero attached hydrogens (tertiary/aromatic N) is 2. The van der Waals surface area contributed by atoms with E-state index in [4.69, 9.17) is 9.47 Å². The summed E-state index contributed by atoms with van der Waals surface area (Å²) in [6.45, 7) is 1.99. The second-order valence-electron chi connectivity index (χ2n) is 7.74. The first-order valence-corrected chi connectivity index (χ1v) is 10.4. The van der Waals surface area contributed by atoms with Gasteiger partial charge in [0.15, 0.2) is 0 Å². The molecule has 7 nitrogen and oxygen atoms in total. The standard InChI is InChI=1S/C26H24N2O5/c1-16-13-20(33-3)10-11-21(16)24(29)22-23(18-6-8-19(32-2)9-7-18)28(26(31)25(22)30)15-17-5-4-12-27-14-17/h4-14,23,29H,15H2,1-3H3/b24-22-. The molecule has 3 aromatic rings. The van der Waals surface area contributed by atoms with E-state index in [-0.39, 0.29) is 17.9 Å². The van der Waals surface area contributed by atoms with E-state index < -0.39 is 17.7 Å². The predicted molar refractivity (Wildman–Crippen MR) is 123 cm³/mol. The lowest BCUT2D eigenvalue weighted by Gasteiger charge is -2.25. The molecule has 1 aliphatic heterocycles. The van der Waals surface area contributed by atoms with Gasteiger partial charge in [-0.2, -0.15) is 0 Å². The Morgan fingerprint density at radius 3 is 2.33 bits per heavy atom. The molecule has 0 bridgehead atoms. The van der Waals surface area contributed by atoms with Crippen LogP contribution in [0.3, 0.4) is 0 Å². The van der Waals surface area contributed by atoms with Gasteiger partial charge in [-0.15, -0.1) is 0 Å². The van der Waals surface area contributed by atoms with Gasteiger partial charge in [0, 0.05) is 24.5 Å². The van der Waals surface area contributed by atoms with E-state index in [0.717, 1.165) is 11.1 Å². The number of ether oxygens (including phenoxy) is 2. The Bertz CT molecular complexity index is 1220. The molecule has 1 amide bonds. The quantitative estimate of drug-likeness (QED) is 0.351. The molecule has 1 atom stereocenters. The first-order chi connectivity index (χ1) is 15.9. The van der Waals surface area contributed by atoms with Gasteiger partial charge in [-0.25, -0.2) is 0 Å². The van der Waals surface area contributed by atoms with Crippen molar-refractivity contribution in [1.29, 1.82) is 0 Å². The Morgan fingerprint density at radius 1 is 1.03 bits per heavy atom. The third-order valence-corrected chi connectivity index (χ3v) is 5.74. The summed E-state index contributed by atoms with van der Waals surface area (Å²) in [7, 11) is 3.12. The summed E-state index contributed by atoms with van der Waals surface area (Å²) in [5.41, 5.74) is 2.69. The minimum atomic E-state index is -0.766. The molecule has 1 N–H and O–H groups in total. The average Bonchev–Trinajstić information content (AvgIpc) is 3.09. The highest BCUT2D eigenvalue weighted by atomic mass is 16.5. The van der Waals surface area contributed by atoms with Crippen LogP contribution in [0.2, 0.25) is 0 Å². The van der Waals surface area contributed by atoms with Gasteiger partial charge in [-0.1, -0.05) is 18.2 Å². The number of aromatic nitrogens is 1. The minimum absolute atomic E-state index is 0.0438. The zero-order chi connectivity index (χ0) is 23.5. The third-order valence-electron chi connectivity index (χ3n) is 5.74. The molecule has 1 fully saturated rings. The van der Waals surface area contributed by atoms with Gasteiger partial charge >= 0.3 is 0 Å². The summed E-state index contributed by atoms with van der Waals surface area (Å²) in [4.78, 5) is 31.9. The lowest BCUT2D eigenvalue weighted by atomic mass is 9.93. The first-order valence-electron chi connectivity index (χ1n) is 10.4. The first kappa shape index (κ1) is 22.1. The van der Waals surface area contributed by atoms with E-state index >= 15 is 0 Å². The van der Waals surface area contributed by atoms with Crippen LogP contribution in [-0.2, 0) is 16.1 Å². The van der Waals surface area contributed by atoms with Crippen molar-refractivity contribution in [2.75, 3.05) is 14.2 Å². The number of ketones is 1. The highest BCUT2D eigenvalue weighted by molar-refractivity contribution is 6.46. The monoisotopic (exact) mass is 444 g/mol. The number of pyridine rings is 1. The van der Waals surface area contributed by atoms with Crippen LogP contribution in [0.4, 0.5) is 0 Å². The lowest BCUT2D eigenvalue weighted by Crippen LogP contribution is -2.29. The Hall–Kier alpha value is -4.13. The van der Waals surface area contributed by atoms with Crippen LogP contribution in [0.5, 0.6) is 11.5 Å². The zero-order valence-electron chi connectivity index (χ0n) is 18.6. The van der Waals surface area contributed by atoms with E-state index in [0.29, 0.717) is 22.6 Å². The molecule has 0 spiro atoms. The second-order valence-corrected chi connectivity index (χ2v) is 7.74. The van der Waals surface area contributed by atoms with Crippen molar-refractivity contribution in [2.45, 2.75) is 19.5 Å². The van der Waals surface area contributed by atoms with Crippen LogP contribution in [0, 0.1) is 6.92 Å². The van der Waals surface area contributed by atoms with Crippen LogP contribution in [0.1, 0.15) is 28.3 Å². The fraction of sp³-hybridized carbons (Fsp3) is 0.192. The number of benzene rings is 2. The van der Waals surface area contributed by atoms with Crippen LogP contribution in [-0.4, -0.2) is 40.9 Å². The van der Waals surface area contributed by atoms with E-state index in [9.17, 15) is 14.7 Å².